The number of halogens is 1. The Morgan fingerprint density at radius 1 is 1.40 bits per heavy atom. The first-order valence-electron chi connectivity index (χ1n) is 10.4. The van der Waals surface area contributed by atoms with Gasteiger partial charge in [-0.3, -0.25) is 9.69 Å². The number of hydrogen-bond acceptors (Lipinski definition) is 6. The lowest BCUT2D eigenvalue weighted by atomic mass is 10.1. The van der Waals surface area contributed by atoms with Crippen molar-refractivity contribution in [3.63, 3.8) is 0 Å². The first-order chi connectivity index (χ1) is 14.2. The molecule has 1 aliphatic heterocycles. The Labute approximate surface area is 178 Å². The van der Waals surface area contributed by atoms with Crippen molar-refractivity contribution in [2.75, 3.05) is 59.7 Å². The Bertz CT molecular complexity index is 667. The van der Waals surface area contributed by atoms with Crippen LogP contribution in [0.5, 0.6) is 0 Å². The van der Waals surface area contributed by atoms with Gasteiger partial charge in [0.15, 0.2) is 0 Å². The van der Waals surface area contributed by atoms with Crippen LogP contribution in [0.1, 0.15) is 31.1 Å². The fourth-order valence-corrected chi connectivity index (χ4v) is 3.28. The van der Waals surface area contributed by atoms with Crippen LogP contribution in [-0.4, -0.2) is 98.3 Å². The summed E-state index contributed by atoms with van der Waals surface area (Å²) < 4.78 is 30.7. The maximum Gasteiger partial charge on any atom is 0.256 e. The molecule has 0 aromatic heterocycles. The molecule has 0 radical (unpaired) electrons. The van der Waals surface area contributed by atoms with Gasteiger partial charge in [-0.05, 0) is 32.9 Å². The topological polar surface area (TPSA) is 71.5 Å². The minimum atomic E-state index is -0.604. The summed E-state index contributed by atoms with van der Waals surface area (Å²) in [7, 11) is 1.56. The van der Waals surface area contributed by atoms with Crippen molar-refractivity contribution in [2.24, 2.45) is 0 Å². The van der Waals surface area contributed by atoms with Crippen molar-refractivity contribution in [2.45, 2.75) is 38.6 Å². The van der Waals surface area contributed by atoms with Gasteiger partial charge in [-0.15, -0.1) is 0 Å². The lowest BCUT2D eigenvalue weighted by Crippen LogP contribution is -2.51. The molecule has 2 rings (SSSR count). The molecular weight excluding hydrogens is 391 g/mol. The molecule has 1 N–H and O–H groups in total. The van der Waals surface area contributed by atoms with Crippen molar-refractivity contribution >= 4 is 5.91 Å². The van der Waals surface area contributed by atoms with Crippen LogP contribution < -0.4 is 0 Å². The van der Waals surface area contributed by atoms with E-state index in [0.29, 0.717) is 45.9 Å². The van der Waals surface area contributed by atoms with Crippen molar-refractivity contribution in [1.82, 2.24) is 9.80 Å². The Morgan fingerprint density at radius 3 is 2.80 bits per heavy atom. The van der Waals surface area contributed by atoms with Gasteiger partial charge in [0.2, 0.25) is 0 Å². The Hall–Kier alpha value is -1.58. The molecule has 0 aliphatic carbocycles. The van der Waals surface area contributed by atoms with E-state index in [1.807, 2.05) is 20.8 Å². The van der Waals surface area contributed by atoms with Crippen LogP contribution in [0.4, 0.5) is 4.39 Å². The fraction of sp³-hybridized carbons (Fsp3) is 0.682. The molecule has 170 valence electrons. The highest BCUT2D eigenvalue weighted by molar-refractivity contribution is 5.94. The molecule has 0 bridgehead atoms. The van der Waals surface area contributed by atoms with E-state index in [-0.39, 0.29) is 29.8 Å². The van der Waals surface area contributed by atoms with Crippen molar-refractivity contribution in [3.05, 3.63) is 35.6 Å². The third kappa shape index (κ3) is 8.28. The van der Waals surface area contributed by atoms with Gasteiger partial charge >= 0.3 is 0 Å². The summed E-state index contributed by atoms with van der Waals surface area (Å²) in [5.41, 5.74) is -0.264. The maximum atomic E-state index is 14.1. The SMILES string of the molecule is COCCN(C[C@H]1CN(C[C@@H](O)COC(C)(C)C)CCO1)C(=O)c1ccccc1F. The predicted molar refractivity (Wildman–Crippen MR) is 112 cm³/mol. The average molecular weight is 427 g/mol. The van der Waals surface area contributed by atoms with Gasteiger partial charge in [0.1, 0.15) is 5.82 Å². The van der Waals surface area contributed by atoms with E-state index in [1.165, 1.54) is 12.1 Å². The summed E-state index contributed by atoms with van der Waals surface area (Å²) in [4.78, 5) is 16.6. The van der Waals surface area contributed by atoms with Crippen LogP contribution in [-0.2, 0) is 14.2 Å². The van der Waals surface area contributed by atoms with E-state index >= 15 is 0 Å². The molecule has 1 amide bonds. The normalized spacial score (nSPS) is 18.9. The second-order valence-electron chi connectivity index (χ2n) is 8.55. The molecule has 30 heavy (non-hydrogen) atoms. The van der Waals surface area contributed by atoms with E-state index < -0.39 is 11.9 Å². The van der Waals surface area contributed by atoms with Gasteiger partial charge in [0.05, 0.1) is 43.2 Å². The minimum Gasteiger partial charge on any atom is -0.389 e. The molecule has 1 fully saturated rings. The summed E-state index contributed by atoms with van der Waals surface area (Å²) in [5, 5.41) is 10.3. The average Bonchev–Trinajstić information content (AvgIpc) is 2.69. The number of nitrogens with zero attached hydrogens (tertiary/aromatic N) is 2. The summed E-state index contributed by atoms with van der Waals surface area (Å²) in [6, 6.07) is 5.96. The van der Waals surface area contributed by atoms with Crippen LogP contribution in [0.2, 0.25) is 0 Å². The number of aliphatic hydroxyl groups excluding tert-OH is 1. The highest BCUT2D eigenvalue weighted by Crippen LogP contribution is 2.14. The number of carbonyl (C=O) groups is 1. The number of β-amino-alcohol motifs (C(OH)–C–C–N with tert-alkyl or cyclic N) is 1. The van der Waals surface area contributed by atoms with Gasteiger partial charge in [-0.1, -0.05) is 12.1 Å². The largest absolute Gasteiger partial charge is 0.389 e. The summed E-state index contributed by atoms with van der Waals surface area (Å²) in [6.45, 7) is 9.36. The second-order valence-corrected chi connectivity index (χ2v) is 8.55. The number of benzene rings is 1. The molecule has 1 aromatic carbocycles. The van der Waals surface area contributed by atoms with Gasteiger partial charge < -0.3 is 24.2 Å². The number of ether oxygens (including phenoxy) is 3. The van der Waals surface area contributed by atoms with Gasteiger partial charge in [-0.2, -0.15) is 0 Å². The summed E-state index contributed by atoms with van der Waals surface area (Å²) in [5.74, 6) is -0.928. The lowest BCUT2D eigenvalue weighted by Gasteiger charge is -2.36. The summed E-state index contributed by atoms with van der Waals surface area (Å²) in [6.07, 6.45) is -0.838. The molecule has 0 saturated carbocycles. The number of hydrogen-bond donors (Lipinski definition) is 1. The monoisotopic (exact) mass is 426 g/mol. The molecule has 8 heteroatoms. The highest BCUT2D eigenvalue weighted by atomic mass is 19.1. The van der Waals surface area contributed by atoms with Crippen molar-refractivity contribution in [3.8, 4) is 0 Å². The molecule has 7 nitrogen and oxygen atoms in total. The van der Waals surface area contributed by atoms with Crippen LogP contribution in [0.25, 0.3) is 0 Å². The van der Waals surface area contributed by atoms with Crippen LogP contribution >= 0.6 is 0 Å². The first-order valence-corrected chi connectivity index (χ1v) is 10.4. The zero-order valence-electron chi connectivity index (χ0n) is 18.5. The third-order valence-corrected chi connectivity index (χ3v) is 4.78. The standard InChI is InChI=1S/C22H35FN2O5/c1-22(2,3)30-16-17(26)13-24-9-12-29-18(14-24)15-25(10-11-28-4)21(27)19-7-5-6-8-20(19)23/h5-8,17-18,26H,9-16H2,1-4H3/t17-,18-/m1/s1. The molecule has 1 aromatic rings. The van der Waals surface area contributed by atoms with E-state index in [4.69, 9.17) is 14.2 Å². The van der Waals surface area contributed by atoms with Crippen molar-refractivity contribution < 1.29 is 28.5 Å². The Morgan fingerprint density at radius 2 is 2.13 bits per heavy atom. The van der Waals surface area contributed by atoms with Crippen LogP contribution in [0, 0.1) is 5.82 Å². The zero-order valence-corrected chi connectivity index (χ0v) is 18.5. The predicted octanol–water partition coefficient (Wildman–Crippen LogP) is 1.79. The number of carbonyl (C=O) groups excluding carboxylic acids is 1. The van der Waals surface area contributed by atoms with E-state index in [0.717, 1.165) is 0 Å². The van der Waals surface area contributed by atoms with Gasteiger partial charge in [0, 0.05) is 39.8 Å². The highest BCUT2D eigenvalue weighted by Gasteiger charge is 2.27. The van der Waals surface area contributed by atoms with E-state index in [2.05, 4.69) is 4.90 Å². The molecule has 0 unspecified atom stereocenters. The first kappa shape index (κ1) is 24.7. The number of morpholine rings is 1. The smallest absolute Gasteiger partial charge is 0.256 e. The fourth-order valence-electron chi connectivity index (χ4n) is 3.28. The van der Waals surface area contributed by atoms with Crippen LogP contribution in [0.3, 0.4) is 0 Å². The van der Waals surface area contributed by atoms with Gasteiger partial charge in [-0.25, -0.2) is 4.39 Å². The molecule has 1 heterocycles. The van der Waals surface area contributed by atoms with Crippen molar-refractivity contribution in [1.29, 1.82) is 0 Å². The molecular formula is C22H35FN2O5. The van der Waals surface area contributed by atoms with Crippen LogP contribution in [0.15, 0.2) is 24.3 Å². The Kier molecular flexibility index (Phi) is 9.64. The number of methoxy groups -OCH3 is 1. The second kappa shape index (κ2) is 11.7. The van der Waals surface area contributed by atoms with E-state index in [1.54, 1.807) is 24.1 Å². The molecule has 1 aliphatic rings. The molecule has 1 saturated heterocycles. The third-order valence-electron chi connectivity index (χ3n) is 4.78. The van der Waals surface area contributed by atoms with Gasteiger partial charge in [0.25, 0.3) is 5.91 Å². The zero-order chi connectivity index (χ0) is 22.1. The van der Waals surface area contributed by atoms with E-state index in [9.17, 15) is 14.3 Å². The number of rotatable bonds is 10. The molecule has 0 spiro atoms. The Balaban J connectivity index is 1.95. The summed E-state index contributed by atoms with van der Waals surface area (Å²) >= 11 is 0. The number of aliphatic hydroxyl groups is 1. The quantitative estimate of drug-likeness (QED) is 0.615. The maximum absolute atomic E-state index is 14.1. The lowest BCUT2D eigenvalue weighted by molar-refractivity contribution is -0.0784. The number of amides is 1. The minimum absolute atomic E-state index is 0.0380. The molecule has 2 atom stereocenters.